The first-order valence-corrected chi connectivity index (χ1v) is 6.37. The predicted molar refractivity (Wildman–Crippen MR) is 70.5 cm³/mol. The van der Waals surface area contributed by atoms with Gasteiger partial charge in [0.2, 0.25) is 0 Å². The van der Waals surface area contributed by atoms with Crippen molar-refractivity contribution in [1.29, 1.82) is 0 Å². The molecule has 0 bridgehead atoms. The zero-order chi connectivity index (χ0) is 13.7. The summed E-state index contributed by atoms with van der Waals surface area (Å²) in [5.41, 5.74) is 2.30. The third-order valence-electron chi connectivity index (χ3n) is 3.05. The molecule has 104 valence electrons. The van der Waals surface area contributed by atoms with Gasteiger partial charge in [-0.1, -0.05) is 0 Å². The van der Waals surface area contributed by atoms with Crippen LogP contribution < -0.4 is 14.8 Å². The van der Waals surface area contributed by atoms with Gasteiger partial charge in [-0.05, 0) is 30.2 Å². The Morgan fingerprint density at radius 3 is 2.68 bits per heavy atom. The van der Waals surface area contributed by atoms with Crippen molar-refractivity contribution in [1.82, 2.24) is 5.32 Å². The molecular formula is C14H19NO4. The van der Waals surface area contributed by atoms with E-state index >= 15 is 0 Å². The Morgan fingerprint density at radius 1 is 1.32 bits per heavy atom. The van der Waals surface area contributed by atoms with Crippen LogP contribution in [0.1, 0.15) is 17.5 Å². The Hall–Kier alpha value is -1.75. The Morgan fingerprint density at radius 2 is 2.00 bits per heavy atom. The number of hydrogen-bond acceptors (Lipinski definition) is 5. The minimum atomic E-state index is -0.202. The van der Waals surface area contributed by atoms with E-state index in [2.05, 4.69) is 10.1 Å². The van der Waals surface area contributed by atoms with Gasteiger partial charge in [-0.25, -0.2) is 0 Å². The number of carbonyl (C=O) groups excluding carboxylic acids is 1. The molecule has 0 aliphatic carbocycles. The Kier molecular flexibility index (Phi) is 4.63. The van der Waals surface area contributed by atoms with E-state index in [1.807, 2.05) is 19.1 Å². The number of aryl methyl sites for hydroxylation is 1. The van der Waals surface area contributed by atoms with Gasteiger partial charge in [0, 0.05) is 13.1 Å². The fraction of sp³-hybridized carbons (Fsp3) is 0.500. The van der Waals surface area contributed by atoms with E-state index in [9.17, 15) is 4.79 Å². The molecule has 1 aliphatic rings. The van der Waals surface area contributed by atoms with Gasteiger partial charge < -0.3 is 19.5 Å². The first-order chi connectivity index (χ1) is 9.20. The molecule has 1 aliphatic heterocycles. The number of methoxy groups -OCH3 is 1. The number of fused-ring (bicyclic) bond motifs is 1. The molecule has 1 heterocycles. The molecule has 19 heavy (non-hydrogen) atoms. The molecule has 2 rings (SSSR count). The van der Waals surface area contributed by atoms with Crippen molar-refractivity contribution in [2.75, 3.05) is 26.9 Å². The van der Waals surface area contributed by atoms with Gasteiger partial charge >= 0.3 is 5.97 Å². The van der Waals surface area contributed by atoms with Crippen LogP contribution in [0.4, 0.5) is 0 Å². The average Bonchev–Trinajstić information content (AvgIpc) is 2.43. The summed E-state index contributed by atoms with van der Waals surface area (Å²) in [6, 6.07) is 3.99. The van der Waals surface area contributed by atoms with Crippen molar-refractivity contribution in [3.63, 3.8) is 0 Å². The minimum absolute atomic E-state index is 0.202. The van der Waals surface area contributed by atoms with Crippen LogP contribution in [0.15, 0.2) is 12.1 Å². The lowest BCUT2D eigenvalue weighted by Gasteiger charge is -2.20. The van der Waals surface area contributed by atoms with Crippen molar-refractivity contribution in [3.05, 3.63) is 23.3 Å². The molecular weight excluding hydrogens is 246 g/mol. The molecule has 5 heteroatoms. The summed E-state index contributed by atoms with van der Waals surface area (Å²) in [5.74, 6) is 1.40. The summed E-state index contributed by atoms with van der Waals surface area (Å²) >= 11 is 0. The van der Waals surface area contributed by atoms with E-state index in [0.717, 1.165) is 22.6 Å². The summed E-state index contributed by atoms with van der Waals surface area (Å²) in [6.07, 6.45) is 0.375. The molecule has 0 saturated carbocycles. The third kappa shape index (κ3) is 3.61. The zero-order valence-electron chi connectivity index (χ0n) is 11.3. The quantitative estimate of drug-likeness (QED) is 0.644. The van der Waals surface area contributed by atoms with E-state index in [4.69, 9.17) is 9.47 Å². The highest BCUT2D eigenvalue weighted by molar-refractivity contribution is 5.69. The van der Waals surface area contributed by atoms with Crippen LogP contribution in [0.25, 0.3) is 0 Å². The largest absolute Gasteiger partial charge is 0.486 e. The van der Waals surface area contributed by atoms with Crippen LogP contribution >= 0.6 is 0 Å². The summed E-state index contributed by atoms with van der Waals surface area (Å²) in [5, 5.41) is 3.22. The van der Waals surface area contributed by atoms with Crippen molar-refractivity contribution in [2.45, 2.75) is 19.9 Å². The normalized spacial score (nSPS) is 13.2. The number of esters is 1. The number of carbonyl (C=O) groups is 1. The van der Waals surface area contributed by atoms with Crippen LogP contribution in [0, 0.1) is 6.92 Å². The van der Waals surface area contributed by atoms with Crippen LogP contribution in [-0.2, 0) is 16.1 Å². The molecule has 0 spiro atoms. The average molecular weight is 265 g/mol. The van der Waals surface area contributed by atoms with Crippen LogP contribution in [0.3, 0.4) is 0 Å². The number of nitrogens with one attached hydrogen (secondary N) is 1. The van der Waals surface area contributed by atoms with Crippen molar-refractivity contribution < 1.29 is 19.0 Å². The number of ether oxygens (including phenoxy) is 3. The number of rotatable bonds is 5. The molecule has 0 fully saturated rings. The summed E-state index contributed by atoms with van der Waals surface area (Å²) in [6.45, 7) is 4.52. The van der Waals surface area contributed by atoms with Gasteiger partial charge in [0.1, 0.15) is 13.2 Å². The fourth-order valence-electron chi connectivity index (χ4n) is 1.94. The standard InChI is InChI=1S/C14H19NO4/c1-10-7-12-13(19-6-5-18-12)8-11(10)9-15-4-3-14(16)17-2/h7-8,15H,3-6,9H2,1-2H3. The predicted octanol–water partition coefficient (Wildman–Crippen LogP) is 1.42. The van der Waals surface area contributed by atoms with Gasteiger partial charge in [-0.15, -0.1) is 0 Å². The first-order valence-electron chi connectivity index (χ1n) is 6.37. The highest BCUT2D eigenvalue weighted by Gasteiger charge is 2.13. The molecule has 1 N–H and O–H groups in total. The molecule has 0 radical (unpaired) electrons. The van der Waals surface area contributed by atoms with E-state index in [-0.39, 0.29) is 5.97 Å². The lowest BCUT2D eigenvalue weighted by Crippen LogP contribution is -2.20. The van der Waals surface area contributed by atoms with Crippen molar-refractivity contribution in [2.24, 2.45) is 0 Å². The summed E-state index contributed by atoms with van der Waals surface area (Å²) < 4.78 is 15.7. The maximum absolute atomic E-state index is 11.0. The molecule has 0 amide bonds. The van der Waals surface area contributed by atoms with Gasteiger partial charge in [0.25, 0.3) is 0 Å². The second-order valence-electron chi connectivity index (χ2n) is 4.43. The second-order valence-corrected chi connectivity index (χ2v) is 4.43. The Labute approximate surface area is 112 Å². The molecule has 0 saturated heterocycles. The van der Waals surface area contributed by atoms with Gasteiger partial charge in [0.05, 0.1) is 13.5 Å². The van der Waals surface area contributed by atoms with Crippen LogP contribution in [-0.4, -0.2) is 32.8 Å². The Balaban J connectivity index is 1.91. The summed E-state index contributed by atoms with van der Waals surface area (Å²) in [4.78, 5) is 11.0. The monoisotopic (exact) mass is 265 g/mol. The van der Waals surface area contributed by atoms with E-state index in [1.54, 1.807) is 0 Å². The maximum Gasteiger partial charge on any atom is 0.306 e. The van der Waals surface area contributed by atoms with Gasteiger partial charge in [-0.3, -0.25) is 4.79 Å². The van der Waals surface area contributed by atoms with Crippen molar-refractivity contribution >= 4 is 5.97 Å². The minimum Gasteiger partial charge on any atom is -0.486 e. The van der Waals surface area contributed by atoms with Gasteiger partial charge in [0.15, 0.2) is 11.5 Å². The zero-order valence-corrected chi connectivity index (χ0v) is 11.3. The van der Waals surface area contributed by atoms with E-state index < -0.39 is 0 Å². The van der Waals surface area contributed by atoms with Crippen LogP contribution in [0.5, 0.6) is 11.5 Å². The van der Waals surface area contributed by atoms with Gasteiger partial charge in [-0.2, -0.15) is 0 Å². The lowest BCUT2D eigenvalue weighted by atomic mass is 10.1. The smallest absolute Gasteiger partial charge is 0.306 e. The SMILES string of the molecule is COC(=O)CCNCc1cc2c(cc1C)OCCO2. The lowest BCUT2D eigenvalue weighted by molar-refractivity contribution is -0.140. The third-order valence-corrected chi connectivity index (χ3v) is 3.05. The number of hydrogen-bond donors (Lipinski definition) is 1. The second kappa shape index (κ2) is 6.43. The van der Waals surface area contributed by atoms with Crippen molar-refractivity contribution in [3.8, 4) is 11.5 Å². The highest BCUT2D eigenvalue weighted by Crippen LogP contribution is 2.32. The summed E-state index contributed by atoms with van der Waals surface area (Å²) in [7, 11) is 1.40. The topological polar surface area (TPSA) is 56.8 Å². The Bertz CT molecular complexity index is 459. The molecule has 1 aromatic carbocycles. The fourth-order valence-corrected chi connectivity index (χ4v) is 1.94. The van der Waals surface area contributed by atoms with E-state index in [0.29, 0.717) is 32.7 Å². The molecule has 1 aromatic rings. The molecule has 0 aromatic heterocycles. The molecule has 0 unspecified atom stereocenters. The maximum atomic E-state index is 11.0. The molecule has 0 atom stereocenters. The highest BCUT2D eigenvalue weighted by atomic mass is 16.6. The number of benzene rings is 1. The first kappa shape index (κ1) is 13.7. The molecule has 5 nitrogen and oxygen atoms in total. The van der Waals surface area contributed by atoms with E-state index in [1.165, 1.54) is 7.11 Å². The van der Waals surface area contributed by atoms with Crippen LogP contribution in [0.2, 0.25) is 0 Å².